The molecule has 1 aliphatic rings. The van der Waals surface area contributed by atoms with E-state index >= 15 is 0 Å². The van der Waals surface area contributed by atoms with Crippen LogP contribution in [0.15, 0.2) is 47.7 Å². The molecule has 0 saturated carbocycles. The first-order valence-corrected chi connectivity index (χ1v) is 10.8. The van der Waals surface area contributed by atoms with Crippen molar-refractivity contribution in [2.24, 2.45) is 0 Å². The Hall–Kier alpha value is -3.82. The molecule has 10 heteroatoms. The highest BCUT2D eigenvalue weighted by molar-refractivity contribution is 5.94. The first-order valence-electron chi connectivity index (χ1n) is 10.8. The van der Waals surface area contributed by atoms with E-state index in [-0.39, 0.29) is 36.3 Å². The van der Waals surface area contributed by atoms with Crippen LogP contribution < -0.4 is 5.56 Å². The predicted molar refractivity (Wildman–Crippen MR) is 120 cm³/mol. The Morgan fingerprint density at radius 2 is 1.91 bits per heavy atom. The largest absolute Gasteiger partial charge is 0.416 e. The standard InChI is InChI=1S/C24H22F3N5O2/c1-13-9-30(12-28-13)20-6-7-21-23(34)31(14(2)10-32(21)22(20)33)11-18-15(3)29-19-5-4-16(8-17(18)19)24(25,26)27/h4-9,12,14,29H,10-11H2,1-3H3/t14-/m1/s1. The topological polar surface area (TPSA) is 75.9 Å². The summed E-state index contributed by atoms with van der Waals surface area (Å²) in [5.41, 5.74) is 2.27. The maximum absolute atomic E-state index is 13.4. The minimum Gasteiger partial charge on any atom is -0.358 e. The number of fused-ring (bicyclic) bond motifs is 2. The lowest BCUT2D eigenvalue weighted by molar-refractivity contribution is -0.137. The maximum Gasteiger partial charge on any atom is 0.416 e. The highest BCUT2D eigenvalue weighted by Gasteiger charge is 2.34. The van der Waals surface area contributed by atoms with Crippen molar-refractivity contribution < 1.29 is 18.0 Å². The second kappa shape index (κ2) is 7.61. The molecule has 1 N–H and O–H groups in total. The van der Waals surface area contributed by atoms with Gasteiger partial charge in [0.1, 0.15) is 11.4 Å². The number of amides is 1. The molecule has 0 unspecified atom stereocenters. The summed E-state index contributed by atoms with van der Waals surface area (Å²) in [4.78, 5) is 35.4. The number of carbonyl (C=O) groups is 1. The number of nitrogens with zero attached hydrogens (tertiary/aromatic N) is 4. The van der Waals surface area contributed by atoms with Crippen molar-refractivity contribution in [1.82, 2.24) is 24.0 Å². The van der Waals surface area contributed by atoms with Crippen LogP contribution >= 0.6 is 0 Å². The van der Waals surface area contributed by atoms with Gasteiger partial charge in [-0.2, -0.15) is 13.2 Å². The van der Waals surface area contributed by atoms with Crippen molar-refractivity contribution in [3.8, 4) is 5.69 Å². The van der Waals surface area contributed by atoms with Crippen molar-refractivity contribution in [2.45, 2.75) is 46.1 Å². The Morgan fingerprint density at radius 1 is 1.15 bits per heavy atom. The minimum atomic E-state index is -4.46. The fourth-order valence-electron chi connectivity index (χ4n) is 4.55. The number of aromatic amines is 1. The number of hydrogen-bond acceptors (Lipinski definition) is 3. The van der Waals surface area contributed by atoms with Crippen LogP contribution in [0.1, 0.15) is 39.9 Å². The molecule has 0 saturated heterocycles. The molecule has 0 spiro atoms. The summed E-state index contributed by atoms with van der Waals surface area (Å²) in [5.74, 6) is -0.343. The van der Waals surface area contributed by atoms with E-state index in [9.17, 15) is 22.8 Å². The number of benzene rings is 1. The summed E-state index contributed by atoms with van der Waals surface area (Å²) >= 11 is 0. The predicted octanol–water partition coefficient (Wildman–Crippen LogP) is 4.20. The summed E-state index contributed by atoms with van der Waals surface area (Å²) in [7, 11) is 0. The molecule has 1 amide bonds. The maximum atomic E-state index is 13.4. The van der Waals surface area contributed by atoms with Crippen LogP contribution in [0.3, 0.4) is 0 Å². The van der Waals surface area contributed by atoms with Crippen LogP contribution in [0.4, 0.5) is 13.2 Å². The monoisotopic (exact) mass is 469 g/mol. The van der Waals surface area contributed by atoms with E-state index in [1.807, 2.05) is 13.8 Å². The molecular formula is C24H22F3N5O2. The van der Waals surface area contributed by atoms with Crippen LogP contribution in [0.2, 0.25) is 0 Å². The quantitative estimate of drug-likeness (QED) is 0.489. The molecule has 34 heavy (non-hydrogen) atoms. The van der Waals surface area contributed by atoms with Gasteiger partial charge in [0, 0.05) is 41.9 Å². The number of carbonyl (C=O) groups excluding carboxylic acids is 1. The van der Waals surface area contributed by atoms with Crippen LogP contribution in [0.25, 0.3) is 16.6 Å². The van der Waals surface area contributed by atoms with E-state index in [2.05, 4.69) is 9.97 Å². The van der Waals surface area contributed by atoms with Crippen molar-refractivity contribution in [1.29, 1.82) is 0 Å². The van der Waals surface area contributed by atoms with Gasteiger partial charge < -0.3 is 19.0 Å². The van der Waals surface area contributed by atoms with Crippen molar-refractivity contribution in [3.63, 3.8) is 0 Å². The van der Waals surface area contributed by atoms with Gasteiger partial charge in [0.25, 0.3) is 11.5 Å². The van der Waals surface area contributed by atoms with Gasteiger partial charge in [-0.15, -0.1) is 0 Å². The van der Waals surface area contributed by atoms with E-state index in [4.69, 9.17) is 0 Å². The summed E-state index contributed by atoms with van der Waals surface area (Å²) < 4.78 is 42.9. The third-order valence-corrected chi connectivity index (χ3v) is 6.38. The molecule has 0 aliphatic carbocycles. The molecule has 4 heterocycles. The summed E-state index contributed by atoms with van der Waals surface area (Å²) in [6.07, 6.45) is -1.18. The molecule has 1 aromatic carbocycles. The molecule has 7 nitrogen and oxygen atoms in total. The number of hydrogen-bond donors (Lipinski definition) is 1. The van der Waals surface area contributed by atoms with Gasteiger partial charge in [0.15, 0.2) is 0 Å². The Labute approximate surface area is 192 Å². The molecule has 0 radical (unpaired) electrons. The van der Waals surface area contributed by atoms with Gasteiger partial charge in [-0.3, -0.25) is 9.59 Å². The lowest BCUT2D eigenvalue weighted by Crippen LogP contribution is -2.49. The third-order valence-electron chi connectivity index (χ3n) is 6.38. The fraction of sp³-hybridized carbons (Fsp3) is 0.292. The summed E-state index contributed by atoms with van der Waals surface area (Å²) in [6.45, 7) is 5.83. The second-order valence-electron chi connectivity index (χ2n) is 8.71. The van der Waals surface area contributed by atoms with E-state index < -0.39 is 11.7 Å². The minimum absolute atomic E-state index is 0.129. The van der Waals surface area contributed by atoms with E-state index in [1.54, 1.807) is 41.0 Å². The molecule has 176 valence electrons. The van der Waals surface area contributed by atoms with Crippen LogP contribution in [0.5, 0.6) is 0 Å². The van der Waals surface area contributed by atoms with Crippen molar-refractivity contribution in [2.75, 3.05) is 0 Å². The Morgan fingerprint density at radius 3 is 2.59 bits per heavy atom. The van der Waals surface area contributed by atoms with Gasteiger partial charge in [0.05, 0.1) is 17.6 Å². The summed E-state index contributed by atoms with van der Waals surface area (Å²) in [5, 5.41) is 0.432. The van der Waals surface area contributed by atoms with Crippen molar-refractivity contribution >= 4 is 16.8 Å². The van der Waals surface area contributed by atoms with Crippen LogP contribution in [-0.4, -0.2) is 36.0 Å². The van der Waals surface area contributed by atoms with Crippen LogP contribution in [0, 0.1) is 13.8 Å². The van der Waals surface area contributed by atoms with Crippen LogP contribution in [-0.2, 0) is 19.3 Å². The van der Waals surface area contributed by atoms with Gasteiger partial charge in [-0.05, 0) is 56.7 Å². The molecule has 1 atom stereocenters. The fourth-order valence-corrected chi connectivity index (χ4v) is 4.55. The van der Waals surface area contributed by atoms with Crippen molar-refractivity contribution in [3.05, 3.63) is 81.4 Å². The van der Waals surface area contributed by atoms with Gasteiger partial charge in [0.2, 0.25) is 0 Å². The van der Waals surface area contributed by atoms with Gasteiger partial charge in [-0.25, -0.2) is 4.98 Å². The zero-order valence-electron chi connectivity index (χ0n) is 18.8. The van der Waals surface area contributed by atoms with E-state index in [0.29, 0.717) is 27.8 Å². The zero-order valence-corrected chi connectivity index (χ0v) is 18.8. The van der Waals surface area contributed by atoms with Gasteiger partial charge in [-0.1, -0.05) is 0 Å². The molecule has 5 rings (SSSR count). The number of nitrogens with one attached hydrogen (secondary N) is 1. The Balaban J connectivity index is 1.52. The lowest BCUT2D eigenvalue weighted by Gasteiger charge is -2.35. The molecule has 1 aliphatic heterocycles. The number of imidazole rings is 1. The summed E-state index contributed by atoms with van der Waals surface area (Å²) in [6, 6.07) is 6.42. The SMILES string of the molecule is Cc1cn(-c2ccc3n(c2=O)C[C@@H](C)N(Cc2c(C)[nH]c4ccc(C(F)(F)F)cc24)C3=O)cn1. The first-order chi connectivity index (χ1) is 16.0. The number of H-pyrrole nitrogens is 1. The number of aryl methyl sites for hydroxylation is 2. The molecule has 3 aromatic heterocycles. The third kappa shape index (κ3) is 3.49. The first kappa shape index (κ1) is 22.0. The average molecular weight is 469 g/mol. The molecule has 4 aromatic rings. The highest BCUT2D eigenvalue weighted by atomic mass is 19.4. The smallest absolute Gasteiger partial charge is 0.358 e. The van der Waals surface area contributed by atoms with E-state index in [0.717, 1.165) is 17.8 Å². The Bertz CT molecular complexity index is 1490. The molecule has 0 fully saturated rings. The average Bonchev–Trinajstić information content (AvgIpc) is 3.33. The zero-order chi connectivity index (χ0) is 24.4. The normalized spacial score (nSPS) is 16.4. The molecule has 0 bridgehead atoms. The number of pyridine rings is 1. The number of halogens is 3. The highest BCUT2D eigenvalue weighted by Crippen LogP contribution is 2.34. The second-order valence-corrected chi connectivity index (χ2v) is 8.71. The van der Waals surface area contributed by atoms with E-state index in [1.165, 1.54) is 10.6 Å². The Kier molecular flexibility index (Phi) is 4.92. The number of rotatable bonds is 3. The van der Waals surface area contributed by atoms with Gasteiger partial charge >= 0.3 is 6.18 Å². The lowest BCUT2D eigenvalue weighted by atomic mass is 10.0. The number of aromatic nitrogens is 4. The number of alkyl halides is 3. The molecular weight excluding hydrogens is 447 g/mol.